The van der Waals surface area contributed by atoms with Crippen LogP contribution in [0.4, 0.5) is 0 Å². The largest absolute Gasteiger partial charge is 0.483 e. The van der Waals surface area contributed by atoms with Gasteiger partial charge >= 0.3 is 0 Å². The third-order valence-corrected chi connectivity index (χ3v) is 3.21. The van der Waals surface area contributed by atoms with Crippen molar-refractivity contribution in [3.63, 3.8) is 0 Å². The van der Waals surface area contributed by atoms with Gasteiger partial charge < -0.3 is 14.7 Å². The second kappa shape index (κ2) is 6.57. The molecule has 1 aromatic carbocycles. The minimum atomic E-state index is -0.0416. The van der Waals surface area contributed by atoms with Gasteiger partial charge in [0.2, 0.25) is 0 Å². The SMILES string of the molecule is Cc1cc(CO)cc(C)c1OCC(=O)N(C)C(C)C. The molecule has 0 atom stereocenters. The van der Waals surface area contributed by atoms with Gasteiger partial charge in [0, 0.05) is 13.1 Å². The molecule has 0 heterocycles. The molecular weight excluding hydrogens is 242 g/mol. The molecule has 0 spiro atoms. The molecule has 19 heavy (non-hydrogen) atoms. The van der Waals surface area contributed by atoms with Gasteiger partial charge in [0.05, 0.1) is 6.61 Å². The van der Waals surface area contributed by atoms with E-state index < -0.39 is 0 Å². The van der Waals surface area contributed by atoms with Crippen LogP contribution >= 0.6 is 0 Å². The highest BCUT2D eigenvalue weighted by Gasteiger charge is 2.14. The zero-order chi connectivity index (χ0) is 14.6. The van der Waals surface area contributed by atoms with E-state index in [1.165, 1.54) is 0 Å². The van der Waals surface area contributed by atoms with E-state index in [0.717, 1.165) is 22.4 Å². The zero-order valence-electron chi connectivity index (χ0n) is 12.4. The van der Waals surface area contributed by atoms with Crippen molar-refractivity contribution >= 4 is 5.91 Å². The Hall–Kier alpha value is -1.55. The molecule has 0 aromatic heterocycles. The first-order chi connectivity index (χ1) is 8.86. The molecule has 1 rings (SSSR count). The van der Waals surface area contributed by atoms with Crippen molar-refractivity contribution in [2.24, 2.45) is 0 Å². The summed E-state index contributed by atoms with van der Waals surface area (Å²) in [6, 6.07) is 3.91. The van der Waals surface area contributed by atoms with Gasteiger partial charge in [0.1, 0.15) is 5.75 Å². The quantitative estimate of drug-likeness (QED) is 0.886. The Kier molecular flexibility index (Phi) is 5.36. The highest BCUT2D eigenvalue weighted by Crippen LogP contribution is 2.24. The van der Waals surface area contributed by atoms with E-state index in [0.29, 0.717) is 0 Å². The fourth-order valence-electron chi connectivity index (χ4n) is 1.88. The van der Waals surface area contributed by atoms with Crippen LogP contribution in [-0.2, 0) is 11.4 Å². The van der Waals surface area contributed by atoms with Crippen LogP contribution in [0.5, 0.6) is 5.75 Å². The molecule has 106 valence electrons. The number of aryl methyl sites for hydroxylation is 2. The molecule has 0 unspecified atom stereocenters. The molecule has 0 radical (unpaired) electrons. The molecule has 1 N–H and O–H groups in total. The summed E-state index contributed by atoms with van der Waals surface area (Å²) in [7, 11) is 1.77. The monoisotopic (exact) mass is 265 g/mol. The topological polar surface area (TPSA) is 49.8 Å². The molecule has 0 aliphatic heterocycles. The molecule has 4 heteroatoms. The summed E-state index contributed by atoms with van der Waals surface area (Å²) >= 11 is 0. The average Bonchev–Trinajstić information content (AvgIpc) is 2.35. The van der Waals surface area contributed by atoms with E-state index >= 15 is 0 Å². The Labute approximate surface area is 115 Å². The van der Waals surface area contributed by atoms with Crippen molar-refractivity contribution in [3.8, 4) is 5.75 Å². The maximum Gasteiger partial charge on any atom is 0.260 e. The van der Waals surface area contributed by atoms with Crippen LogP contribution in [0.1, 0.15) is 30.5 Å². The summed E-state index contributed by atoms with van der Waals surface area (Å²) < 4.78 is 5.63. The highest BCUT2D eigenvalue weighted by molar-refractivity contribution is 5.77. The summed E-state index contributed by atoms with van der Waals surface area (Å²) in [5, 5.41) is 9.13. The van der Waals surface area contributed by atoms with Gasteiger partial charge in [-0.1, -0.05) is 12.1 Å². The first-order valence-corrected chi connectivity index (χ1v) is 6.46. The first-order valence-electron chi connectivity index (χ1n) is 6.46. The fraction of sp³-hybridized carbons (Fsp3) is 0.533. The number of rotatable bonds is 5. The molecule has 1 aromatic rings. The van der Waals surface area contributed by atoms with Crippen molar-refractivity contribution in [2.75, 3.05) is 13.7 Å². The maximum atomic E-state index is 11.9. The lowest BCUT2D eigenvalue weighted by atomic mass is 10.1. The van der Waals surface area contributed by atoms with Crippen LogP contribution in [0.3, 0.4) is 0 Å². The van der Waals surface area contributed by atoms with Crippen LogP contribution in [0, 0.1) is 13.8 Å². The third-order valence-electron chi connectivity index (χ3n) is 3.21. The van der Waals surface area contributed by atoms with E-state index in [4.69, 9.17) is 9.84 Å². The maximum absolute atomic E-state index is 11.9. The number of aliphatic hydroxyl groups is 1. The van der Waals surface area contributed by atoms with E-state index in [9.17, 15) is 4.79 Å². The number of ether oxygens (including phenoxy) is 1. The minimum absolute atomic E-state index is 0.0109. The summed E-state index contributed by atoms with van der Waals surface area (Å²) in [4.78, 5) is 13.5. The standard InChI is InChI=1S/C15H23NO3/c1-10(2)16(5)14(18)9-19-15-11(3)6-13(8-17)7-12(15)4/h6-7,10,17H,8-9H2,1-5H3. The highest BCUT2D eigenvalue weighted by atomic mass is 16.5. The number of hydrogen-bond donors (Lipinski definition) is 1. The van der Waals surface area contributed by atoms with Crippen LogP contribution in [-0.4, -0.2) is 35.6 Å². The predicted octanol–water partition coefficient (Wildman–Crippen LogP) is 2.04. The molecule has 0 fully saturated rings. The Morgan fingerprint density at radius 3 is 2.26 bits per heavy atom. The molecule has 0 aliphatic carbocycles. The lowest BCUT2D eigenvalue weighted by Crippen LogP contribution is -2.36. The second-order valence-corrected chi connectivity index (χ2v) is 5.10. The number of amides is 1. The van der Waals surface area contributed by atoms with Crippen LogP contribution in [0.25, 0.3) is 0 Å². The van der Waals surface area contributed by atoms with Gasteiger partial charge in [-0.2, -0.15) is 0 Å². The first kappa shape index (κ1) is 15.5. The average molecular weight is 265 g/mol. The Morgan fingerprint density at radius 2 is 1.84 bits per heavy atom. The number of hydrogen-bond acceptors (Lipinski definition) is 3. The van der Waals surface area contributed by atoms with Gasteiger partial charge in [-0.25, -0.2) is 0 Å². The van der Waals surface area contributed by atoms with E-state index in [1.807, 2.05) is 39.8 Å². The van der Waals surface area contributed by atoms with Crippen molar-refractivity contribution in [2.45, 2.75) is 40.3 Å². The van der Waals surface area contributed by atoms with Gasteiger partial charge in [-0.3, -0.25) is 4.79 Å². The molecule has 0 saturated carbocycles. The van der Waals surface area contributed by atoms with Crippen molar-refractivity contribution in [3.05, 3.63) is 28.8 Å². The summed E-state index contributed by atoms with van der Waals surface area (Å²) in [6.07, 6.45) is 0. The molecule has 1 amide bonds. The molecular formula is C15H23NO3. The number of benzene rings is 1. The number of nitrogens with zero attached hydrogens (tertiary/aromatic N) is 1. The Balaban J connectivity index is 2.76. The Bertz CT molecular complexity index is 432. The summed E-state index contributed by atoms with van der Waals surface area (Å²) in [5.74, 6) is 0.683. The van der Waals surface area contributed by atoms with Gasteiger partial charge in [0.15, 0.2) is 6.61 Å². The van der Waals surface area contributed by atoms with Gasteiger partial charge in [0.25, 0.3) is 5.91 Å². The van der Waals surface area contributed by atoms with E-state index in [-0.39, 0.29) is 25.2 Å². The van der Waals surface area contributed by atoms with Crippen molar-refractivity contribution in [1.82, 2.24) is 4.90 Å². The molecule has 4 nitrogen and oxygen atoms in total. The summed E-state index contributed by atoms with van der Waals surface area (Å²) in [6.45, 7) is 7.80. The third kappa shape index (κ3) is 3.96. The smallest absolute Gasteiger partial charge is 0.260 e. The normalized spacial score (nSPS) is 10.7. The van der Waals surface area contributed by atoms with Gasteiger partial charge in [-0.15, -0.1) is 0 Å². The zero-order valence-corrected chi connectivity index (χ0v) is 12.4. The lowest BCUT2D eigenvalue weighted by Gasteiger charge is -2.22. The fourth-order valence-corrected chi connectivity index (χ4v) is 1.88. The predicted molar refractivity (Wildman–Crippen MR) is 75.2 cm³/mol. The number of aliphatic hydroxyl groups excluding tert-OH is 1. The number of carbonyl (C=O) groups excluding carboxylic acids is 1. The molecule has 0 aliphatic rings. The lowest BCUT2D eigenvalue weighted by molar-refractivity contribution is -0.133. The Morgan fingerprint density at radius 1 is 1.32 bits per heavy atom. The molecule has 0 bridgehead atoms. The number of carbonyl (C=O) groups is 1. The van der Waals surface area contributed by atoms with Gasteiger partial charge in [-0.05, 0) is 44.4 Å². The van der Waals surface area contributed by atoms with Crippen LogP contribution in [0.2, 0.25) is 0 Å². The van der Waals surface area contributed by atoms with Crippen molar-refractivity contribution in [1.29, 1.82) is 0 Å². The van der Waals surface area contributed by atoms with Crippen LogP contribution in [0.15, 0.2) is 12.1 Å². The van der Waals surface area contributed by atoms with E-state index in [2.05, 4.69) is 0 Å². The van der Waals surface area contributed by atoms with E-state index in [1.54, 1.807) is 11.9 Å². The second-order valence-electron chi connectivity index (χ2n) is 5.10. The number of likely N-dealkylation sites (N-methyl/N-ethyl adjacent to an activating group) is 1. The minimum Gasteiger partial charge on any atom is -0.483 e. The molecule has 0 saturated heterocycles. The van der Waals surface area contributed by atoms with Crippen molar-refractivity contribution < 1.29 is 14.6 Å². The summed E-state index contributed by atoms with van der Waals surface area (Å²) in [5.41, 5.74) is 2.72. The van der Waals surface area contributed by atoms with Crippen LogP contribution < -0.4 is 4.74 Å².